The molecule has 2 fully saturated rings. The molecule has 0 aromatic rings. The number of nitrogens with one attached hydrogen (secondary N) is 2. The van der Waals surface area contributed by atoms with Gasteiger partial charge in [0, 0.05) is 13.8 Å². The summed E-state index contributed by atoms with van der Waals surface area (Å²) in [5, 5.41) is 55.1. The average Bonchev–Trinajstić information content (AvgIpc) is 2.65. The van der Waals surface area contributed by atoms with E-state index in [-0.39, 0.29) is 12.5 Å². The van der Waals surface area contributed by atoms with Crippen molar-refractivity contribution in [3.63, 3.8) is 0 Å². The van der Waals surface area contributed by atoms with Crippen LogP contribution in [0.2, 0.25) is 0 Å². The van der Waals surface area contributed by atoms with Crippen molar-refractivity contribution in [1.29, 1.82) is 0 Å². The van der Waals surface area contributed by atoms with E-state index in [1.54, 1.807) is 6.92 Å². The standard InChI is InChI=1S/C17H30N2O10/c1-6-11(18-7(2)21)15(25)14(24)10(28-6)5-27-17-12(19-8(3)22)16(26)13(23)9(4-20)29-17/h6,9-17,20,23-26H,4-5H2,1-3H3,(H,18,21)(H,19,22)/t6-,9-,10-,11+,12-,13-,14+,15-,16-,17-/m1/s1. The zero-order chi connectivity index (χ0) is 21.9. The van der Waals surface area contributed by atoms with Crippen molar-refractivity contribution in [2.75, 3.05) is 13.2 Å². The fraction of sp³-hybridized carbons (Fsp3) is 0.882. The maximum atomic E-state index is 11.4. The van der Waals surface area contributed by atoms with Gasteiger partial charge in [0.1, 0.15) is 42.7 Å². The van der Waals surface area contributed by atoms with E-state index >= 15 is 0 Å². The van der Waals surface area contributed by atoms with Gasteiger partial charge in [-0.3, -0.25) is 9.59 Å². The predicted octanol–water partition coefficient (Wildman–Crippen LogP) is -4.04. The molecule has 2 amide bonds. The van der Waals surface area contributed by atoms with Crippen molar-refractivity contribution in [2.45, 2.75) is 81.9 Å². The fourth-order valence-corrected chi connectivity index (χ4v) is 3.53. The van der Waals surface area contributed by atoms with Crippen molar-refractivity contribution < 1.29 is 49.3 Å². The minimum atomic E-state index is -1.47. The number of aliphatic hydroxyl groups is 5. The summed E-state index contributed by atoms with van der Waals surface area (Å²) in [5.41, 5.74) is 0. The molecule has 2 rings (SSSR count). The second kappa shape index (κ2) is 10.1. The third kappa shape index (κ3) is 5.61. The molecule has 2 saturated heterocycles. The van der Waals surface area contributed by atoms with Gasteiger partial charge >= 0.3 is 0 Å². The summed E-state index contributed by atoms with van der Waals surface area (Å²) in [4.78, 5) is 22.7. The molecule has 0 radical (unpaired) electrons. The van der Waals surface area contributed by atoms with Crippen LogP contribution >= 0.6 is 0 Å². The zero-order valence-corrected chi connectivity index (χ0v) is 16.5. The second-order valence-electron chi connectivity index (χ2n) is 7.35. The van der Waals surface area contributed by atoms with Crippen LogP contribution in [0.5, 0.6) is 0 Å². The molecule has 12 heteroatoms. The maximum absolute atomic E-state index is 11.4. The third-order valence-corrected chi connectivity index (χ3v) is 5.04. The van der Waals surface area contributed by atoms with Crippen molar-refractivity contribution in [3.8, 4) is 0 Å². The largest absolute Gasteiger partial charge is 0.394 e. The SMILES string of the molecule is CC(=O)N[C@@H]1[C@@H](O)[C@@H](O)[C@@H](CO[C@@H]2O[C@H](CO)[C@@H](O)[C@H](O)[C@H]2NC(C)=O)O[C@@H]1C. The number of aliphatic hydroxyl groups excluding tert-OH is 5. The van der Waals surface area contributed by atoms with Crippen molar-refractivity contribution in [3.05, 3.63) is 0 Å². The van der Waals surface area contributed by atoms with E-state index in [0.29, 0.717) is 0 Å². The molecular weight excluding hydrogens is 392 g/mol. The third-order valence-electron chi connectivity index (χ3n) is 5.04. The van der Waals surface area contributed by atoms with Gasteiger partial charge in [0.25, 0.3) is 0 Å². The van der Waals surface area contributed by atoms with Gasteiger partial charge in [-0.2, -0.15) is 0 Å². The van der Waals surface area contributed by atoms with Crippen LogP contribution in [0.4, 0.5) is 0 Å². The average molecular weight is 422 g/mol. The van der Waals surface area contributed by atoms with E-state index < -0.39 is 73.6 Å². The Labute approximate surface area is 167 Å². The molecule has 0 aromatic carbocycles. The molecule has 7 N–H and O–H groups in total. The summed E-state index contributed by atoms with van der Waals surface area (Å²) < 4.78 is 16.6. The Balaban J connectivity index is 2.05. The highest BCUT2D eigenvalue weighted by atomic mass is 16.7. The van der Waals surface area contributed by atoms with Gasteiger partial charge in [-0.15, -0.1) is 0 Å². The Morgan fingerprint density at radius 1 is 0.862 bits per heavy atom. The van der Waals surface area contributed by atoms with Crippen LogP contribution in [-0.2, 0) is 23.8 Å². The van der Waals surface area contributed by atoms with E-state index in [1.807, 2.05) is 0 Å². The maximum Gasteiger partial charge on any atom is 0.217 e. The number of carbonyl (C=O) groups is 2. The number of amides is 2. The molecule has 2 aliphatic heterocycles. The van der Waals surface area contributed by atoms with Crippen LogP contribution in [0, 0.1) is 0 Å². The Bertz CT molecular complexity index is 578. The smallest absolute Gasteiger partial charge is 0.217 e. The molecule has 2 heterocycles. The van der Waals surface area contributed by atoms with Gasteiger partial charge < -0.3 is 50.4 Å². The van der Waals surface area contributed by atoms with E-state index in [9.17, 15) is 35.1 Å². The van der Waals surface area contributed by atoms with Gasteiger partial charge in [-0.05, 0) is 6.92 Å². The van der Waals surface area contributed by atoms with Crippen LogP contribution in [0.3, 0.4) is 0 Å². The highest BCUT2D eigenvalue weighted by Crippen LogP contribution is 2.25. The van der Waals surface area contributed by atoms with Gasteiger partial charge in [-0.25, -0.2) is 0 Å². The first kappa shape index (κ1) is 23.9. The van der Waals surface area contributed by atoms with E-state index in [4.69, 9.17) is 14.2 Å². The Morgan fingerprint density at radius 3 is 1.93 bits per heavy atom. The molecule has 0 saturated carbocycles. The first-order chi connectivity index (χ1) is 13.6. The van der Waals surface area contributed by atoms with Crippen LogP contribution in [0.15, 0.2) is 0 Å². The summed E-state index contributed by atoms with van der Waals surface area (Å²) in [5.74, 6) is -0.889. The summed E-state index contributed by atoms with van der Waals surface area (Å²) in [6.45, 7) is 3.21. The lowest BCUT2D eigenvalue weighted by Crippen LogP contribution is -2.66. The van der Waals surface area contributed by atoms with Crippen LogP contribution < -0.4 is 10.6 Å². The van der Waals surface area contributed by atoms with E-state index in [0.717, 1.165) is 0 Å². The lowest BCUT2D eigenvalue weighted by atomic mass is 9.93. The molecule has 10 atom stereocenters. The van der Waals surface area contributed by atoms with E-state index in [2.05, 4.69) is 10.6 Å². The topological polar surface area (TPSA) is 187 Å². The van der Waals surface area contributed by atoms with Crippen molar-refractivity contribution >= 4 is 11.8 Å². The Kier molecular flexibility index (Phi) is 8.31. The molecule has 2 aliphatic rings. The van der Waals surface area contributed by atoms with Gasteiger partial charge in [0.05, 0.1) is 25.4 Å². The number of rotatable bonds is 6. The number of ether oxygens (including phenoxy) is 3. The lowest BCUT2D eigenvalue weighted by molar-refractivity contribution is -0.284. The van der Waals surface area contributed by atoms with E-state index in [1.165, 1.54) is 13.8 Å². The Morgan fingerprint density at radius 2 is 1.38 bits per heavy atom. The first-order valence-electron chi connectivity index (χ1n) is 9.36. The Hall–Kier alpha value is -1.38. The van der Waals surface area contributed by atoms with Gasteiger partial charge in [-0.1, -0.05) is 0 Å². The molecule has 0 spiro atoms. The minimum Gasteiger partial charge on any atom is -0.394 e. The molecule has 0 unspecified atom stereocenters. The molecule has 29 heavy (non-hydrogen) atoms. The summed E-state index contributed by atoms with van der Waals surface area (Å²) in [6.07, 6.45) is -9.67. The molecule has 168 valence electrons. The fourth-order valence-electron chi connectivity index (χ4n) is 3.53. The summed E-state index contributed by atoms with van der Waals surface area (Å²) in [7, 11) is 0. The van der Waals surface area contributed by atoms with Crippen LogP contribution in [-0.4, -0.2) is 112 Å². The lowest BCUT2D eigenvalue weighted by Gasteiger charge is -2.44. The predicted molar refractivity (Wildman–Crippen MR) is 95.3 cm³/mol. The van der Waals surface area contributed by atoms with Crippen LogP contribution in [0.1, 0.15) is 20.8 Å². The summed E-state index contributed by atoms with van der Waals surface area (Å²) >= 11 is 0. The molecule has 12 nitrogen and oxygen atoms in total. The molecule has 0 bridgehead atoms. The van der Waals surface area contributed by atoms with Crippen LogP contribution in [0.25, 0.3) is 0 Å². The first-order valence-corrected chi connectivity index (χ1v) is 9.36. The number of hydrogen-bond acceptors (Lipinski definition) is 10. The quantitative estimate of drug-likeness (QED) is 0.222. The highest BCUT2D eigenvalue weighted by molar-refractivity contribution is 5.73. The van der Waals surface area contributed by atoms with Gasteiger partial charge in [0.15, 0.2) is 6.29 Å². The zero-order valence-electron chi connectivity index (χ0n) is 16.5. The molecule has 0 aromatic heterocycles. The normalized spacial score (nSPS) is 42.9. The van der Waals surface area contributed by atoms with Crippen molar-refractivity contribution in [2.24, 2.45) is 0 Å². The summed E-state index contributed by atoms with van der Waals surface area (Å²) in [6, 6.07) is -1.95. The number of carbonyl (C=O) groups excluding carboxylic acids is 2. The minimum absolute atomic E-state index is 0.295. The highest BCUT2D eigenvalue weighted by Gasteiger charge is 2.47. The van der Waals surface area contributed by atoms with Gasteiger partial charge in [0.2, 0.25) is 11.8 Å². The second-order valence-corrected chi connectivity index (χ2v) is 7.35. The van der Waals surface area contributed by atoms with Crippen molar-refractivity contribution in [1.82, 2.24) is 10.6 Å². The number of hydrogen-bond donors (Lipinski definition) is 7. The molecular formula is C17H30N2O10. The monoisotopic (exact) mass is 422 g/mol. The molecule has 0 aliphatic carbocycles.